The maximum absolute atomic E-state index is 12.7. The van der Waals surface area contributed by atoms with Crippen molar-refractivity contribution in [2.24, 2.45) is 0 Å². The molecule has 1 aromatic carbocycles. The first kappa shape index (κ1) is 14.5. The number of carbonyl (C=O) groups is 1. The number of nitriles is 1. The Kier molecular flexibility index (Phi) is 4.10. The predicted octanol–water partition coefficient (Wildman–Crippen LogP) is 1.82. The van der Waals surface area contributed by atoms with Crippen LogP contribution in [0.25, 0.3) is 0 Å². The number of hydrogen-bond acceptors (Lipinski definition) is 3. The summed E-state index contributed by atoms with van der Waals surface area (Å²) in [5.74, 6) is 0.0551. The van der Waals surface area contributed by atoms with Crippen molar-refractivity contribution in [2.75, 3.05) is 13.1 Å². The van der Waals surface area contributed by atoms with Gasteiger partial charge in [-0.25, -0.2) is 0 Å². The number of carbonyl (C=O) groups excluding carboxylic acids is 1. The Morgan fingerprint density at radius 2 is 2.05 bits per heavy atom. The molecule has 1 fully saturated rings. The molecule has 0 aliphatic carbocycles. The van der Waals surface area contributed by atoms with E-state index in [0.29, 0.717) is 31.5 Å². The van der Waals surface area contributed by atoms with Crippen molar-refractivity contribution in [1.82, 2.24) is 4.90 Å². The molecule has 1 aliphatic rings. The van der Waals surface area contributed by atoms with Gasteiger partial charge in [0, 0.05) is 13.1 Å². The van der Waals surface area contributed by atoms with Crippen molar-refractivity contribution in [3.63, 3.8) is 0 Å². The summed E-state index contributed by atoms with van der Waals surface area (Å²) in [5.41, 5.74) is 0.764. The lowest BCUT2D eigenvalue weighted by Crippen LogP contribution is -2.47. The maximum atomic E-state index is 12.7. The van der Waals surface area contributed by atoms with Crippen LogP contribution in [0, 0.1) is 11.3 Å². The predicted molar refractivity (Wildman–Crippen MR) is 76.0 cm³/mol. The van der Waals surface area contributed by atoms with Crippen LogP contribution in [0.4, 0.5) is 0 Å². The van der Waals surface area contributed by atoms with Crippen molar-refractivity contribution in [3.05, 3.63) is 35.4 Å². The molecular weight excluding hydrogens is 252 g/mol. The average molecular weight is 272 g/mol. The van der Waals surface area contributed by atoms with Gasteiger partial charge in [0.05, 0.1) is 23.2 Å². The van der Waals surface area contributed by atoms with E-state index in [1.807, 2.05) is 30.9 Å². The molecule has 0 saturated carbocycles. The topological polar surface area (TPSA) is 64.3 Å². The molecular formula is C16H20N2O2. The van der Waals surface area contributed by atoms with E-state index >= 15 is 0 Å². The summed E-state index contributed by atoms with van der Waals surface area (Å²) in [7, 11) is 0. The molecule has 0 atom stereocenters. The Hall–Kier alpha value is -1.86. The monoisotopic (exact) mass is 272 g/mol. The quantitative estimate of drug-likeness (QED) is 0.893. The molecule has 1 heterocycles. The Bertz CT molecular complexity index is 538. The third-order valence-corrected chi connectivity index (χ3v) is 4.00. The molecule has 1 saturated heterocycles. The van der Waals surface area contributed by atoms with Crippen LogP contribution in [0.3, 0.4) is 0 Å². The first-order valence-corrected chi connectivity index (χ1v) is 6.93. The number of amides is 1. The van der Waals surface area contributed by atoms with Crippen LogP contribution in [0.5, 0.6) is 0 Å². The van der Waals surface area contributed by atoms with E-state index in [-0.39, 0.29) is 12.0 Å². The SMILES string of the molecule is CC(C)(C(=O)N1CCC(O)CC1)c1cccc(C#N)c1. The van der Waals surface area contributed by atoms with Crippen molar-refractivity contribution in [3.8, 4) is 6.07 Å². The van der Waals surface area contributed by atoms with Crippen molar-refractivity contribution in [2.45, 2.75) is 38.2 Å². The van der Waals surface area contributed by atoms with Crippen LogP contribution in [-0.2, 0) is 10.2 Å². The van der Waals surface area contributed by atoms with Gasteiger partial charge in [0.15, 0.2) is 0 Å². The number of aliphatic hydroxyl groups is 1. The van der Waals surface area contributed by atoms with Gasteiger partial charge in [-0.05, 0) is 44.4 Å². The van der Waals surface area contributed by atoms with Crippen molar-refractivity contribution in [1.29, 1.82) is 5.26 Å². The minimum absolute atomic E-state index is 0.0551. The number of piperidine rings is 1. The van der Waals surface area contributed by atoms with Crippen molar-refractivity contribution < 1.29 is 9.90 Å². The molecule has 4 nitrogen and oxygen atoms in total. The number of likely N-dealkylation sites (tertiary alicyclic amines) is 1. The van der Waals surface area contributed by atoms with Gasteiger partial charge < -0.3 is 10.0 Å². The highest BCUT2D eigenvalue weighted by Crippen LogP contribution is 2.27. The smallest absolute Gasteiger partial charge is 0.232 e. The van der Waals surface area contributed by atoms with Crippen molar-refractivity contribution >= 4 is 5.91 Å². The Morgan fingerprint density at radius 3 is 2.65 bits per heavy atom. The number of hydrogen-bond donors (Lipinski definition) is 1. The minimum atomic E-state index is -0.658. The second-order valence-electron chi connectivity index (χ2n) is 5.84. The molecule has 2 rings (SSSR count). The van der Waals surface area contributed by atoms with Crippen LogP contribution in [0.1, 0.15) is 37.8 Å². The van der Waals surface area contributed by atoms with E-state index < -0.39 is 5.41 Å². The highest BCUT2D eigenvalue weighted by Gasteiger charge is 2.35. The average Bonchev–Trinajstić information content (AvgIpc) is 2.47. The fraction of sp³-hybridized carbons (Fsp3) is 0.500. The normalized spacial score (nSPS) is 16.8. The van der Waals surface area contributed by atoms with Gasteiger partial charge in [-0.15, -0.1) is 0 Å². The van der Waals surface area contributed by atoms with Crippen LogP contribution in [-0.4, -0.2) is 35.1 Å². The fourth-order valence-electron chi connectivity index (χ4n) is 2.57. The highest BCUT2D eigenvalue weighted by atomic mass is 16.3. The van der Waals surface area contributed by atoms with Crippen LogP contribution in [0.2, 0.25) is 0 Å². The van der Waals surface area contributed by atoms with Crippen LogP contribution < -0.4 is 0 Å². The zero-order chi connectivity index (χ0) is 14.8. The summed E-state index contributed by atoms with van der Waals surface area (Å²) >= 11 is 0. The fourth-order valence-corrected chi connectivity index (χ4v) is 2.57. The van der Waals surface area contributed by atoms with Crippen LogP contribution >= 0.6 is 0 Å². The van der Waals surface area contributed by atoms with Gasteiger partial charge in [-0.3, -0.25) is 4.79 Å². The Balaban J connectivity index is 2.20. The highest BCUT2D eigenvalue weighted by molar-refractivity contribution is 5.87. The summed E-state index contributed by atoms with van der Waals surface area (Å²) < 4.78 is 0. The molecule has 4 heteroatoms. The molecule has 0 bridgehead atoms. The number of nitrogens with zero attached hydrogens (tertiary/aromatic N) is 2. The van der Waals surface area contributed by atoms with E-state index in [2.05, 4.69) is 6.07 Å². The number of rotatable bonds is 2. The van der Waals surface area contributed by atoms with Gasteiger partial charge in [-0.1, -0.05) is 12.1 Å². The van der Waals surface area contributed by atoms with Gasteiger partial charge >= 0.3 is 0 Å². The summed E-state index contributed by atoms with van der Waals surface area (Å²) in [5, 5.41) is 18.5. The lowest BCUT2D eigenvalue weighted by atomic mass is 9.82. The third-order valence-electron chi connectivity index (χ3n) is 4.00. The third kappa shape index (κ3) is 2.83. The van der Waals surface area contributed by atoms with Crippen LogP contribution in [0.15, 0.2) is 24.3 Å². The molecule has 0 aromatic heterocycles. The van der Waals surface area contributed by atoms with E-state index in [9.17, 15) is 9.90 Å². The summed E-state index contributed by atoms with van der Waals surface area (Å²) in [6.07, 6.45) is 0.990. The molecule has 106 valence electrons. The van der Waals surface area contributed by atoms with Gasteiger partial charge in [0.25, 0.3) is 0 Å². The molecule has 0 radical (unpaired) electrons. The summed E-state index contributed by atoms with van der Waals surface area (Å²) in [6, 6.07) is 9.31. The molecule has 1 N–H and O–H groups in total. The molecule has 0 spiro atoms. The number of benzene rings is 1. The molecule has 0 unspecified atom stereocenters. The Labute approximate surface area is 119 Å². The molecule has 1 aliphatic heterocycles. The lowest BCUT2D eigenvalue weighted by molar-refractivity contribution is -0.138. The first-order valence-electron chi connectivity index (χ1n) is 6.93. The first-order chi connectivity index (χ1) is 9.45. The number of aliphatic hydroxyl groups excluding tert-OH is 1. The summed E-state index contributed by atoms with van der Waals surface area (Å²) in [6.45, 7) is 4.97. The maximum Gasteiger partial charge on any atom is 0.232 e. The molecule has 1 amide bonds. The lowest BCUT2D eigenvalue weighted by Gasteiger charge is -2.36. The van der Waals surface area contributed by atoms with E-state index in [4.69, 9.17) is 5.26 Å². The minimum Gasteiger partial charge on any atom is -0.393 e. The zero-order valence-corrected chi connectivity index (χ0v) is 12.0. The molecule has 1 aromatic rings. The van der Waals surface area contributed by atoms with Gasteiger partial charge in [0.2, 0.25) is 5.91 Å². The molecule has 20 heavy (non-hydrogen) atoms. The van der Waals surface area contributed by atoms with E-state index in [1.165, 1.54) is 0 Å². The largest absolute Gasteiger partial charge is 0.393 e. The second kappa shape index (κ2) is 5.64. The second-order valence-corrected chi connectivity index (χ2v) is 5.84. The zero-order valence-electron chi connectivity index (χ0n) is 12.0. The van der Waals surface area contributed by atoms with E-state index in [1.54, 1.807) is 12.1 Å². The van der Waals surface area contributed by atoms with Gasteiger partial charge in [-0.2, -0.15) is 5.26 Å². The Morgan fingerprint density at radius 1 is 1.40 bits per heavy atom. The van der Waals surface area contributed by atoms with E-state index in [0.717, 1.165) is 5.56 Å². The standard InChI is InChI=1S/C16H20N2O2/c1-16(2,13-5-3-4-12(10-13)11-17)15(20)18-8-6-14(19)7-9-18/h3-5,10,14,19H,6-9H2,1-2H3. The van der Waals surface area contributed by atoms with Gasteiger partial charge in [0.1, 0.15) is 0 Å². The summed E-state index contributed by atoms with van der Waals surface area (Å²) in [4.78, 5) is 14.5.